The molecule has 0 amide bonds. The first-order valence-corrected chi connectivity index (χ1v) is 11.7. The maximum atomic E-state index is 13.4. The second kappa shape index (κ2) is 8.35. The van der Waals surface area contributed by atoms with E-state index in [1.165, 1.54) is 0 Å². The van der Waals surface area contributed by atoms with E-state index in [-0.39, 0.29) is 23.8 Å². The van der Waals surface area contributed by atoms with Gasteiger partial charge < -0.3 is 10.1 Å². The first-order chi connectivity index (χ1) is 15.8. The molecular weight excluding hydrogens is 432 g/mol. The predicted molar refractivity (Wildman–Crippen MR) is 133 cm³/mol. The summed E-state index contributed by atoms with van der Waals surface area (Å²) in [6.07, 6.45) is 0. The third-order valence-electron chi connectivity index (χ3n) is 6.27. The Morgan fingerprint density at radius 2 is 1.52 bits per heavy atom. The Hall–Kier alpha value is -3.11. The van der Waals surface area contributed by atoms with Gasteiger partial charge in [0.1, 0.15) is 5.60 Å². The lowest BCUT2D eigenvalue weighted by molar-refractivity contribution is -0.156. The van der Waals surface area contributed by atoms with Crippen LogP contribution in [-0.4, -0.2) is 23.3 Å². The van der Waals surface area contributed by atoms with E-state index in [1.54, 1.807) is 0 Å². The van der Waals surface area contributed by atoms with Crippen LogP contribution in [-0.2, 0) is 9.53 Å². The zero-order valence-electron chi connectivity index (χ0n) is 19.0. The molecule has 3 aromatic carbocycles. The molecule has 1 N–H and O–H groups in total. The molecule has 0 spiro atoms. The highest BCUT2D eigenvalue weighted by Gasteiger charge is 2.52. The van der Waals surface area contributed by atoms with E-state index in [0.717, 1.165) is 28.1 Å². The van der Waals surface area contributed by atoms with Gasteiger partial charge in [-0.15, -0.1) is 0 Å². The van der Waals surface area contributed by atoms with E-state index < -0.39 is 11.6 Å². The number of halogens is 1. The smallest absolute Gasteiger partial charge is 0.332 e. The Kier molecular flexibility index (Phi) is 5.49. The molecule has 4 nitrogen and oxygen atoms in total. The molecule has 33 heavy (non-hydrogen) atoms. The standard InChI is InChI=1S/C28H27ClN2O2/c1-28(2,3)33-27(32)26-22-19-14-8-10-16-21(19)30-25(18-13-7-9-15-20(18)29)23(22)24(31-26)17-11-5-4-6-12-17/h4-16,22-23,25-26,30H,1-3H3. The van der Waals surface area contributed by atoms with Crippen molar-refractivity contribution < 1.29 is 9.53 Å². The molecule has 0 fully saturated rings. The number of hydrogen-bond donors (Lipinski definition) is 1. The molecule has 2 aliphatic rings. The van der Waals surface area contributed by atoms with Crippen molar-refractivity contribution in [1.29, 1.82) is 0 Å². The van der Waals surface area contributed by atoms with Crippen molar-refractivity contribution in [3.05, 3.63) is 101 Å². The molecule has 0 radical (unpaired) electrons. The highest BCUT2D eigenvalue weighted by Crippen LogP contribution is 2.52. The SMILES string of the molecule is CC(C)(C)OC(=O)C1N=C(c2ccccc2)C2C(c3ccccc3Cl)Nc3ccccc3C12. The number of hydrogen-bond acceptors (Lipinski definition) is 4. The zero-order valence-corrected chi connectivity index (χ0v) is 19.7. The maximum Gasteiger partial charge on any atom is 0.332 e. The van der Waals surface area contributed by atoms with Gasteiger partial charge in [0.05, 0.1) is 6.04 Å². The molecule has 0 saturated carbocycles. The van der Waals surface area contributed by atoms with Gasteiger partial charge in [-0.25, -0.2) is 4.79 Å². The lowest BCUT2D eigenvalue weighted by Crippen LogP contribution is -2.40. The molecule has 2 heterocycles. The van der Waals surface area contributed by atoms with Crippen LogP contribution in [0.15, 0.2) is 83.9 Å². The Morgan fingerprint density at radius 3 is 2.21 bits per heavy atom. The van der Waals surface area contributed by atoms with Crippen molar-refractivity contribution >= 4 is 29.0 Å². The molecule has 168 valence electrons. The van der Waals surface area contributed by atoms with Crippen LogP contribution >= 0.6 is 11.6 Å². The molecule has 3 aromatic rings. The molecule has 0 bridgehead atoms. The van der Waals surface area contributed by atoms with Gasteiger partial charge in [0, 0.05) is 28.3 Å². The van der Waals surface area contributed by atoms with Crippen molar-refractivity contribution in [1.82, 2.24) is 0 Å². The Bertz CT molecular complexity index is 1220. The summed E-state index contributed by atoms with van der Waals surface area (Å²) < 4.78 is 5.84. The molecular formula is C28H27ClN2O2. The number of aliphatic imine (C=N–C) groups is 1. The van der Waals surface area contributed by atoms with Gasteiger partial charge in [0.25, 0.3) is 0 Å². The number of rotatable bonds is 3. The van der Waals surface area contributed by atoms with Crippen LogP contribution in [0.1, 0.15) is 49.4 Å². The highest BCUT2D eigenvalue weighted by atomic mass is 35.5. The molecule has 4 atom stereocenters. The van der Waals surface area contributed by atoms with Gasteiger partial charge in [-0.2, -0.15) is 0 Å². The molecule has 5 rings (SSSR count). The lowest BCUT2D eigenvalue weighted by atomic mass is 9.71. The number of carbonyl (C=O) groups is 1. The van der Waals surface area contributed by atoms with Crippen LogP contribution in [0.25, 0.3) is 0 Å². The molecule has 0 aliphatic carbocycles. The normalized spacial score (nSPS) is 23.7. The second-order valence-electron chi connectivity index (χ2n) is 9.64. The maximum absolute atomic E-state index is 13.4. The number of nitrogens with zero attached hydrogens (tertiary/aromatic N) is 1. The van der Waals surface area contributed by atoms with Crippen LogP contribution in [0.5, 0.6) is 0 Å². The molecule has 5 heteroatoms. The average molecular weight is 459 g/mol. The Labute approximate surface area is 199 Å². The van der Waals surface area contributed by atoms with Gasteiger partial charge in [-0.05, 0) is 49.6 Å². The van der Waals surface area contributed by atoms with E-state index in [0.29, 0.717) is 5.02 Å². The topological polar surface area (TPSA) is 50.7 Å². The van der Waals surface area contributed by atoms with Gasteiger partial charge in [0.15, 0.2) is 6.04 Å². The number of anilines is 1. The van der Waals surface area contributed by atoms with Crippen molar-refractivity contribution in [2.24, 2.45) is 10.9 Å². The first-order valence-electron chi connectivity index (χ1n) is 11.3. The molecule has 0 saturated heterocycles. The van der Waals surface area contributed by atoms with Crippen LogP contribution in [0.3, 0.4) is 0 Å². The molecule has 2 aliphatic heterocycles. The minimum atomic E-state index is -0.627. The van der Waals surface area contributed by atoms with Crippen molar-refractivity contribution in [3.8, 4) is 0 Å². The van der Waals surface area contributed by atoms with E-state index >= 15 is 0 Å². The summed E-state index contributed by atoms with van der Waals surface area (Å²) in [6.45, 7) is 5.67. The summed E-state index contributed by atoms with van der Waals surface area (Å²) >= 11 is 6.68. The first kappa shape index (κ1) is 21.7. The van der Waals surface area contributed by atoms with Crippen molar-refractivity contribution in [2.75, 3.05) is 5.32 Å². The summed E-state index contributed by atoms with van der Waals surface area (Å²) in [5, 5.41) is 4.41. The van der Waals surface area contributed by atoms with Gasteiger partial charge in [-0.1, -0.05) is 78.3 Å². The second-order valence-corrected chi connectivity index (χ2v) is 10.0. The van der Waals surface area contributed by atoms with Crippen molar-refractivity contribution in [3.63, 3.8) is 0 Å². The Balaban J connectivity index is 1.70. The fourth-order valence-electron chi connectivity index (χ4n) is 5.02. The predicted octanol–water partition coefficient (Wildman–Crippen LogP) is 6.42. The number of carbonyl (C=O) groups excluding carboxylic acids is 1. The number of esters is 1. The third kappa shape index (κ3) is 4.04. The third-order valence-corrected chi connectivity index (χ3v) is 6.61. The number of ether oxygens (including phenoxy) is 1. The highest BCUT2D eigenvalue weighted by molar-refractivity contribution is 6.31. The number of fused-ring (bicyclic) bond motifs is 3. The molecule has 0 aromatic heterocycles. The number of para-hydroxylation sites is 1. The Morgan fingerprint density at radius 1 is 0.879 bits per heavy atom. The fourth-order valence-corrected chi connectivity index (χ4v) is 5.28. The zero-order chi connectivity index (χ0) is 23.2. The average Bonchev–Trinajstić information content (AvgIpc) is 3.20. The lowest BCUT2D eigenvalue weighted by Gasteiger charge is -2.39. The summed E-state index contributed by atoms with van der Waals surface area (Å²) in [6, 6.07) is 25.4. The van der Waals surface area contributed by atoms with E-state index in [4.69, 9.17) is 21.3 Å². The van der Waals surface area contributed by atoms with Gasteiger partial charge in [-0.3, -0.25) is 4.99 Å². The van der Waals surface area contributed by atoms with Crippen LogP contribution in [0.4, 0.5) is 5.69 Å². The number of nitrogens with one attached hydrogen (secondary N) is 1. The van der Waals surface area contributed by atoms with Crippen LogP contribution in [0.2, 0.25) is 5.02 Å². The fraction of sp³-hybridized carbons (Fsp3) is 0.286. The summed E-state index contributed by atoms with van der Waals surface area (Å²) in [7, 11) is 0. The van der Waals surface area contributed by atoms with Crippen LogP contribution < -0.4 is 5.32 Å². The minimum absolute atomic E-state index is 0.0836. The van der Waals surface area contributed by atoms with Gasteiger partial charge >= 0.3 is 5.97 Å². The van der Waals surface area contributed by atoms with E-state index in [2.05, 4.69) is 35.6 Å². The quantitative estimate of drug-likeness (QED) is 0.461. The summed E-state index contributed by atoms with van der Waals surface area (Å²) in [5.74, 6) is -0.536. The summed E-state index contributed by atoms with van der Waals surface area (Å²) in [4.78, 5) is 18.5. The van der Waals surface area contributed by atoms with Crippen LogP contribution in [0, 0.1) is 5.92 Å². The number of benzene rings is 3. The van der Waals surface area contributed by atoms with E-state index in [1.807, 2.05) is 69.3 Å². The molecule has 4 unspecified atom stereocenters. The minimum Gasteiger partial charge on any atom is -0.458 e. The van der Waals surface area contributed by atoms with Crippen molar-refractivity contribution in [2.45, 2.75) is 44.4 Å². The monoisotopic (exact) mass is 458 g/mol. The summed E-state index contributed by atoms with van der Waals surface area (Å²) in [5.41, 5.74) is 4.40. The van der Waals surface area contributed by atoms with Gasteiger partial charge in [0.2, 0.25) is 0 Å². The largest absolute Gasteiger partial charge is 0.458 e. The van der Waals surface area contributed by atoms with E-state index in [9.17, 15) is 4.79 Å².